The highest BCUT2D eigenvalue weighted by atomic mass is 16.1. The second kappa shape index (κ2) is 4.88. The minimum Gasteiger partial charge on any atom is -0.326 e. The van der Waals surface area contributed by atoms with E-state index in [0.29, 0.717) is 12.3 Å². The minimum atomic E-state index is 0.119. The molecule has 0 aromatic heterocycles. The lowest BCUT2D eigenvalue weighted by Gasteiger charge is -2.18. The van der Waals surface area contributed by atoms with Crippen LogP contribution in [-0.4, -0.2) is 5.91 Å². The number of carbonyl (C=O) groups is 1. The summed E-state index contributed by atoms with van der Waals surface area (Å²) in [5, 5.41) is 3.05. The van der Waals surface area contributed by atoms with Crippen LogP contribution in [0.2, 0.25) is 0 Å². The third-order valence-electron chi connectivity index (χ3n) is 3.81. The summed E-state index contributed by atoms with van der Waals surface area (Å²) in [5.41, 5.74) is 4.65. The Morgan fingerprint density at radius 1 is 1.05 bits per heavy atom. The van der Waals surface area contributed by atoms with Crippen LogP contribution < -0.4 is 5.32 Å². The van der Waals surface area contributed by atoms with Crippen molar-refractivity contribution in [2.45, 2.75) is 25.7 Å². The topological polar surface area (TPSA) is 29.1 Å². The molecular formula is C17H17NO. The lowest BCUT2D eigenvalue weighted by molar-refractivity contribution is -0.116. The molecule has 1 N–H and O–H groups in total. The van der Waals surface area contributed by atoms with Gasteiger partial charge in [-0.2, -0.15) is 0 Å². The van der Waals surface area contributed by atoms with Gasteiger partial charge < -0.3 is 5.32 Å². The molecular weight excluding hydrogens is 234 g/mol. The zero-order valence-corrected chi connectivity index (χ0v) is 11.0. The molecule has 0 unspecified atom stereocenters. The standard InChI is InChI=1S/C17H17NO/c1-12-6-5-9-15-14(13-7-3-2-4-8-13)10-11-16(19)18-17(12)15/h2-9,14H,10-11H2,1H3,(H,18,19)/t14-/m0/s1. The predicted molar refractivity (Wildman–Crippen MR) is 77.3 cm³/mol. The summed E-state index contributed by atoms with van der Waals surface area (Å²) in [7, 11) is 0. The number of benzene rings is 2. The van der Waals surface area contributed by atoms with Crippen molar-refractivity contribution in [3.05, 3.63) is 65.2 Å². The molecule has 0 aliphatic carbocycles. The van der Waals surface area contributed by atoms with Gasteiger partial charge in [0, 0.05) is 18.0 Å². The van der Waals surface area contributed by atoms with Gasteiger partial charge >= 0.3 is 0 Å². The maximum Gasteiger partial charge on any atom is 0.224 e. The smallest absolute Gasteiger partial charge is 0.224 e. The van der Waals surface area contributed by atoms with Crippen LogP contribution in [0.5, 0.6) is 0 Å². The van der Waals surface area contributed by atoms with E-state index in [2.05, 4.69) is 41.7 Å². The first-order chi connectivity index (χ1) is 9.25. The number of para-hydroxylation sites is 1. The van der Waals surface area contributed by atoms with Gasteiger partial charge in [0.1, 0.15) is 0 Å². The van der Waals surface area contributed by atoms with Crippen molar-refractivity contribution in [2.75, 3.05) is 5.32 Å². The number of hydrogen-bond donors (Lipinski definition) is 1. The fourth-order valence-electron chi connectivity index (χ4n) is 2.82. The van der Waals surface area contributed by atoms with Gasteiger partial charge in [0.25, 0.3) is 0 Å². The Kier molecular flexibility index (Phi) is 3.08. The molecule has 0 spiro atoms. The van der Waals surface area contributed by atoms with E-state index < -0.39 is 0 Å². The third-order valence-corrected chi connectivity index (χ3v) is 3.81. The van der Waals surface area contributed by atoms with Crippen LogP contribution >= 0.6 is 0 Å². The Bertz CT molecular complexity index is 604. The number of carbonyl (C=O) groups excluding carboxylic acids is 1. The normalized spacial score (nSPS) is 18.4. The number of aryl methyl sites for hydroxylation is 1. The molecule has 1 aliphatic rings. The van der Waals surface area contributed by atoms with E-state index in [4.69, 9.17) is 0 Å². The molecule has 0 saturated carbocycles. The molecule has 0 radical (unpaired) electrons. The van der Waals surface area contributed by atoms with E-state index in [9.17, 15) is 4.79 Å². The lowest BCUT2D eigenvalue weighted by Crippen LogP contribution is -2.10. The highest BCUT2D eigenvalue weighted by Gasteiger charge is 2.23. The van der Waals surface area contributed by atoms with E-state index in [1.54, 1.807) is 0 Å². The van der Waals surface area contributed by atoms with Crippen molar-refractivity contribution in [1.29, 1.82) is 0 Å². The molecule has 1 aliphatic heterocycles. The number of rotatable bonds is 1. The zero-order chi connectivity index (χ0) is 13.2. The molecule has 2 heteroatoms. The van der Waals surface area contributed by atoms with Gasteiger partial charge in [0.2, 0.25) is 5.91 Å². The summed E-state index contributed by atoms with van der Waals surface area (Å²) in [6, 6.07) is 16.7. The van der Waals surface area contributed by atoms with Gasteiger partial charge in [-0.3, -0.25) is 4.79 Å². The van der Waals surface area contributed by atoms with Gasteiger partial charge in [0.15, 0.2) is 0 Å². The number of hydrogen-bond acceptors (Lipinski definition) is 1. The summed E-state index contributed by atoms with van der Waals surface area (Å²) in [5.74, 6) is 0.420. The van der Waals surface area contributed by atoms with E-state index in [1.165, 1.54) is 11.1 Å². The van der Waals surface area contributed by atoms with Gasteiger partial charge in [-0.15, -0.1) is 0 Å². The molecule has 0 fully saturated rings. The molecule has 0 bridgehead atoms. The van der Waals surface area contributed by atoms with Crippen molar-refractivity contribution < 1.29 is 4.79 Å². The van der Waals surface area contributed by atoms with Crippen molar-refractivity contribution in [3.8, 4) is 0 Å². The second-order valence-corrected chi connectivity index (χ2v) is 5.09. The van der Waals surface area contributed by atoms with Crippen LogP contribution in [-0.2, 0) is 4.79 Å². The minimum absolute atomic E-state index is 0.119. The van der Waals surface area contributed by atoms with Crippen molar-refractivity contribution in [2.24, 2.45) is 0 Å². The Labute approximate surface area is 113 Å². The van der Waals surface area contributed by atoms with Gasteiger partial charge in [-0.25, -0.2) is 0 Å². The summed E-state index contributed by atoms with van der Waals surface area (Å²) in [4.78, 5) is 11.9. The summed E-state index contributed by atoms with van der Waals surface area (Å²) in [6.45, 7) is 2.05. The SMILES string of the molecule is Cc1cccc2c1NC(=O)CC[C@H]2c1ccccc1. The molecule has 3 rings (SSSR count). The third kappa shape index (κ3) is 2.26. The van der Waals surface area contributed by atoms with E-state index >= 15 is 0 Å². The van der Waals surface area contributed by atoms with Crippen LogP contribution in [0.1, 0.15) is 35.4 Å². The molecule has 0 saturated heterocycles. The maximum atomic E-state index is 11.9. The van der Waals surface area contributed by atoms with E-state index in [-0.39, 0.29) is 5.91 Å². The molecule has 2 aromatic carbocycles. The largest absolute Gasteiger partial charge is 0.326 e. The summed E-state index contributed by atoms with van der Waals surface area (Å²) >= 11 is 0. The molecule has 1 amide bonds. The van der Waals surface area contributed by atoms with E-state index in [1.807, 2.05) is 19.1 Å². The van der Waals surface area contributed by atoms with Crippen LogP contribution in [0.25, 0.3) is 0 Å². The first-order valence-electron chi connectivity index (χ1n) is 6.70. The number of nitrogens with one attached hydrogen (secondary N) is 1. The van der Waals surface area contributed by atoms with Gasteiger partial charge in [0.05, 0.1) is 0 Å². The average Bonchev–Trinajstić information content (AvgIpc) is 2.60. The van der Waals surface area contributed by atoms with Crippen molar-refractivity contribution in [1.82, 2.24) is 0 Å². The Morgan fingerprint density at radius 2 is 1.84 bits per heavy atom. The van der Waals surface area contributed by atoms with Crippen LogP contribution in [0, 0.1) is 6.92 Å². The van der Waals surface area contributed by atoms with Crippen LogP contribution in [0.4, 0.5) is 5.69 Å². The lowest BCUT2D eigenvalue weighted by atomic mass is 9.86. The van der Waals surface area contributed by atoms with Crippen molar-refractivity contribution >= 4 is 11.6 Å². The van der Waals surface area contributed by atoms with Crippen LogP contribution in [0.3, 0.4) is 0 Å². The first-order valence-corrected chi connectivity index (χ1v) is 6.70. The average molecular weight is 251 g/mol. The zero-order valence-electron chi connectivity index (χ0n) is 11.0. The Morgan fingerprint density at radius 3 is 2.63 bits per heavy atom. The van der Waals surface area contributed by atoms with Gasteiger partial charge in [-0.1, -0.05) is 48.5 Å². The Balaban J connectivity index is 2.13. The molecule has 19 heavy (non-hydrogen) atoms. The van der Waals surface area contributed by atoms with E-state index in [0.717, 1.165) is 17.7 Å². The molecule has 1 atom stereocenters. The molecule has 2 aromatic rings. The number of fused-ring (bicyclic) bond motifs is 1. The maximum absolute atomic E-state index is 11.9. The molecule has 1 heterocycles. The summed E-state index contributed by atoms with van der Waals surface area (Å²) < 4.78 is 0. The molecule has 96 valence electrons. The second-order valence-electron chi connectivity index (χ2n) is 5.09. The highest BCUT2D eigenvalue weighted by molar-refractivity contribution is 5.93. The predicted octanol–water partition coefficient (Wildman–Crippen LogP) is 3.86. The summed E-state index contributed by atoms with van der Waals surface area (Å²) in [6.07, 6.45) is 1.44. The van der Waals surface area contributed by atoms with Crippen molar-refractivity contribution in [3.63, 3.8) is 0 Å². The quantitative estimate of drug-likeness (QED) is 0.819. The number of amides is 1. The molecule has 2 nitrogen and oxygen atoms in total. The Hall–Kier alpha value is -2.09. The number of anilines is 1. The monoisotopic (exact) mass is 251 g/mol. The van der Waals surface area contributed by atoms with Crippen LogP contribution in [0.15, 0.2) is 48.5 Å². The fraction of sp³-hybridized carbons (Fsp3) is 0.235. The van der Waals surface area contributed by atoms with Gasteiger partial charge in [-0.05, 0) is 30.0 Å². The highest BCUT2D eigenvalue weighted by Crippen LogP contribution is 2.37. The fourth-order valence-corrected chi connectivity index (χ4v) is 2.82. The first kappa shape index (κ1) is 12.0.